The van der Waals surface area contributed by atoms with Gasteiger partial charge in [-0.1, -0.05) is 17.7 Å². The first-order valence-corrected chi connectivity index (χ1v) is 6.03. The first-order valence-electron chi connectivity index (χ1n) is 6.03. The van der Waals surface area contributed by atoms with E-state index in [4.69, 9.17) is 0 Å². The van der Waals surface area contributed by atoms with Crippen LogP contribution in [0.4, 0.5) is 4.39 Å². The molecule has 0 heterocycles. The number of aliphatic carboxylic acids is 1. The van der Waals surface area contributed by atoms with Crippen LogP contribution in [0.2, 0.25) is 0 Å². The van der Waals surface area contributed by atoms with Crippen LogP contribution < -0.4 is 0 Å². The molecule has 1 amide bonds. The standard InChI is InChI=1S/C14H18FNO3/c1-8(2)16(10(4)17)13(14(18)19)11-7-9(3)5-6-12(11)15/h5-8,13H,1-4H3,(H,18,19). The Kier molecular flexibility index (Phi) is 4.64. The summed E-state index contributed by atoms with van der Waals surface area (Å²) in [4.78, 5) is 24.3. The Labute approximate surface area is 111 Å². The molecule has 1 aromatic carbocycles. The average Bonchev–Trinajstić information content (AvgIpc) is 2.27. The lowest BCUT2D eigenvalue weighted by Gasteiger charge is -2.32. The second kappa shape index (κ2) is 5.82. The highest BCUT2D eigenvalue weighted by molar-refractivity contribution is 5.83. The smallest absolute Gasteiger partial charge is 0.331 e. The molecule has 0 spiro atoms. The van der Waals surface area contributed by atoms with E-state index < -0.39 is 23.7 Å². The highest BCUT2D eigenvalue weighted by Gasteiger charge is 2.33. The highest BCUT2D eigenvalue weighted by atomic mass is 19.1. The lowest BCUT2D eigenvalue weighted by atomic mass is 10.0. The molecule has 1 N–H and O–H groups in total. The molecule has 5 heteroatoms. The molecule has 1 rings (SSSR count). The van der Waals surface area contributed by atoms with Crippen molar-refractivity contribution >= 4 is 11.9 Å². The molecule has 0 aliphatic carbocycles. The van der Waals surface area contributed by atoms with Gasteiger partial charge in [-0.05, 0) is 26.8 Å². The van der Waals surface area contributed by atoms with Crippen LogP contribution in [0.25, 0.3) is 0 Å². The van der Waals surface area contributed by atoms with Crippen molar-refractivity contribution in [2.75, 3.05) is 0 Å². The van der Waals surface area contributed by atoms with E-state index in [0.29, 0.717) is 0 Å². The van der Waals surface area contributed by atoms with Gasteiger partial charge in [-0.2, -0.15) is 0 Å². The maximum atomic E-state index is 13.9. The van der Waals surface area contributed by atoms with E-state index >= 15 is 0 Å². The molecule has 0 fully saturated rings. The molecule has 0 bridgehead atoms. The number of benzene rings is 1. The maximum Gasteiger partial charge on any atom is 0.331 e. The normalized spacial score (nSPS) is 12.3. The van der Waals surface area contributed by atoms with E-state index in [1.807, 2.05) is 0 Å². The summed E-state index contributed by atoms with van der Waals surface area (Å²) in [5.41, 5.74) is 0.756. The van der Waals surface area contributed by atoms with E-state index in [1.54, 1.807) is 26.8 Å². The second-order valence-electron chi connectivity index (χ2n) is 4.79. The van der Waals surface area contributed by atoms with Crippen LogP contribution in [0, 0.1) is 12.7 Å². The van der Waals surface area contributed by atoms with Crippen molar-refractivity contribution in [2.45, 2.75) is 39.8 Å². The number of nitrogens with zero attached hydrogens (tertiary/aromatic N) is 1. The van der Waals surface area contributed by atoms with Crippen molar-refractivity contribution in [3.63, 3.8) is 0 Å². The fourth-order valence-corrected chi connectivity index (χ4v) is 2.12. The predicted molar refractivity (Wildman–Crippen MR) is 69.2 cm³/mol. The van der Waals surface area contributed by atoms with Crippen LogP contribution in [0.3, 0.4) is 0 Å². The number of carbonyl (C=O) groups excluding carboxylic acids is 1. The molecule has 1 atom stereocenters. The molecule has 0 aliphatic heterocycles. The summed E-state index contributed by atoms with van der Waals surface area (Å²) in [5, 5.41) is 9.35. The van der Waals surface area contributed by atoms with Crippen LogP contribution in [0.5, 0.6) is 0 Å². The summed E-state index contributed by atoms with van der Waals surface area (Å²) in [6, 6.07) is 2.60. The number of carboxylic acid groups (broad SMARTS) is 1. The van der Waals surface area contributed by atoms with Crippen LogP contribution in [-0.4, -0.2) is 27.9 Å². The van der Waals surface area contributed by atoms with Crippen LogP contribution >= 0.6 is 0 Å². The van der Waals surface area contributed by atoms with Crippen molar-refractivity contribution in [1.82, 2.24) is 4.90 Å². The SMILES string of the molecule is CC(=O)N(C(C)C)C(C(=O)O)c1cc(C)ccc1F. The number of carbonyl (C=O) groups is 2. The third-order valence-electron chi connectivity index (χ3n) is 2.88. The molecule has 0 saturated heterocycles. The monoisotopic (exact) mass is 267 g/mol. The van der Waals surface area contributed by atoms with Gasteiger partial charge in [-0.3, -0.25) is 4.79 Å². The second-order valence-corrected chi connectivity index (χ2v) is 4.79. The van der Waals surface area contributed by atoms with E-state index in [2.05, 4.69) is 0 Å². The quantitative estimate of drug-likeness (QED) is 0.912. The van der Waals surface area contributed by atoms with Gasteiger partial charge in [-0.25, -0.2) is 9.18 Å². The van der Waals surface area contributed by atoms with Crippen LogP contribution in [-0.2, 0) is 9.59 Å². The zero-order valence-electron chi connectivity index (χ0n) is 11.5. The maximum absolute atomic E-state index is 13.9. The van der Waals surface area contributed by atoms with Crippen molar-refractivity contribution in [3.8, 4) is 0 Å². The van der Waals surface area contributed by atoms with Gasteiger partial charge in [0, 0.05) is 18.5 Å². The number of hydrogen-bond donors (Lipinski definition) is 1. The summed E-state index contributed by atoms with van der Waals surface area (Å²) >= 11 is 0. The number of carboxylic acids is 1. The number of rotatable bonds is 4. The minimum absolute atomic E-state index is 0.0106. The minimum atomic E-state index is -1.31. The molecule has 0 saturated carbocycles. The minimum Gasteiger partial charge on any atom is -0.479 e. The zero-order chi connectivity index (χ0) is 14.7. The number of amides is 1. The van der Waals surface area contributed by atoms with E-state index in [9.17, 15) is 19.1 Å². The summed E-state index contributed by atoms with van der Waals surface area (Å²) in [6.07, 6.45) is 0. The van der Waals surface area contributed by atoms with Gasteiger partial charge in [0.25, 0.3) is 0 Å². The van der Waals surface area contributed by atoms with Gasteiger partial charge in [-0.15, -0.1) is 0 Å². The fourth-order valence-electron chi connectivity index (χ4n) is 2.12. The third-order valence-corrected chi connectivity index (χ3v) is 2.88. The Bertz CT molecular complexity index is 499. The van der Waals surface area contributed by atoms with E-state index in [-0.39, 0.29) is 11.6 Å². The summed E-state index contributed by atoms with van der Waals surface area (Å²) < 4.78 is 13.9. The Morgan fingerprint density at radius 2 is 1.89 bits per heavy atom. The van der Waals surface area contributed by atoms with Crippen molar-refractivity contribution in [1.29, 1.82) is 0 Å². The van der Waals surface area contributed by atoms with Gasteiger partial charge >= 0.3 is 5.97 Å². The van der Waals surface area contributed by atoms with Crippen molar-refractivity contribution in [2.24, 2.45) is 0 Å². The molecule has 1 unspecified atom stereocenters. The zero-order valence-corrected chi connectivity index (χ0v) is 11.5. The Balaban J connectivity index is 3.38. The highest BCUT2D eigenvalue weighted by Crippen LogP contribution is 2.26. The molecule has 1 aromatic rings. The molecule has 0 radical (unpaired) electrons. The first-order chi connectivity index (χ1) is 8.75. The molecular formula is C14H18FNO3. The number of aryl methyl sites for hydroxylation is 1. The first kappa shape index (κ1) is 15.1. The number of hydrogen-bond acceptors (Lipinski definition) is 2. The average molecular weight is 267 g/mol. The van der Waals surface area contributed by atoms with Crippen molar-refractivity contribution in [3.05, 3.63) is 35.1 Å². The molecule has 19 heavy (non-hydrogen) atoms. The Hall–Kier alpha value is -1.91. The summed E-state index contributed by atoms with van der Waals surface area (Å²) in [6.45, 7) is 6.43. The largest absolute Gasteiger partial charge is 0.479 e. The van der Waals surface area contributed by atoms with Gasteiger partial charge in [0.1, 0.15) is 5.82 Å². The molecule has 0 aliphatic rings. The molecule has 4 nitrogen and oxygen atoms in total. The lowest BCUT2D eigenvalue weighted by Crippen LogP contribution is -2.42. The van der Waals surface area contributed by atoms with Gasteiger partial charge in [0.15, 0.2) is 6.04 Å². The lowest BCUT2D eigenvalue weighted by molar-refractivity contribution is -0.151. The topological polar surface area (TPSA) is 57.6 Å². The van der Waals surface area contributed by atoms with E-state index in [0.717, 1.165) is 5.56 Å². The Morgan fingerprint density at radius 1 is 1.32 bits per heavy atom. The van der Waals surface area contributed by atoms with Crippen molar-refractivity contribution < 1.29 is 19.1 Å². The molecular weight excluding hydrogens is 249 g/mol. The van der Waals surface area contributed by atoms with Crippen LogP contribution in [0.1, 0.15) is 37.9 Å². The summed E-state index contributed by atoms with van der Waals surface area (Å²) in [7, 11) is 0. The fraction of sp³-hybridized carbons (Fsp3) is 0.429. The predicted octanol–water partition coefficient (Wildman–Crippen LogP) is 2.52. The van der Waals surface area contributed by atoms with Gasteiger partial charge in [0.05, 0.1) is 0 Å². The van der Waals surface area contributed by atoms with E-state index in [1.165, 1.54) is 24.0 Å². The van der Waals surface area contributed by atoms with Gasteiger partial charge < -0.3 is 10.0 Å². The molecule has 104 valence electrons. The van der Waals surface area contributed by atoms with Crippen LogP contribution in [0.15, 0.2) is 18.2 Å². The third kappa shape index (κ3) is 3.30. The summed E-state index contributed by atoms with van der Waals surface area (Å²) in [5.74, 6) is -2.26. The molecule has 0 aromatic heterocycles. The van der Waals surface area contributed by atoms with Gasteiger partial charge in [0.2, 0.25) is 5.91 Å². The Morgan fingerprint density at radius 3 is 2.32 bits per heavy atom. The number of halogens is 1.